The quantitative estimate of drug-likeness (QED) is 0.728. The molecule has 1 saturated heterocycles. The Balaban J connectivity index is 2.30. The Morgan fingerprint density at radius 3 is 2.73 bits per heavy atom. The average Bonchev–Trinajstić information content (AvgIpc) is 2.50. The summed E-state index contributed by atoms with van der Waals surface area (Å²) in [7, 11) is 0. The minimum Gasteiger partial charge on any atom is -0.311 e. The Labute approximate surface area is 106 Å². The molecule has 1 unspecified atom stereocenters. The van der Waals surface area contributed by atoms with Gasteiger partial charge in [0.2, 0.25) is 5.91 Å². The number of halogens is 3. The van der Waals surface area contributed by atoms with Gasteiger partial charge in [0.25, 0.3) is 0 Å². The second-order valence-electron chi connectivity index (χ2n) is 3.40. The Morgan fingerprint density at radius 1 is 1.47 bits per heavy atom. The fourth-order valence-corrected chi connectivity index (χ4v) is 2.32. The lowest BCUT2D eigenvalue weighted by Crippen LogP contribution is -2.24. The zero-order valence-corrected chi connectivity index (χ0v) is 10.8. The third-order valence-electron chi connectivity index (χ3n) is 2.29. The summed E-state index contributed by atoms with van der Waals surface area (Å²) < 4.78 is 0.785. The first kappa shape index (κ1) is 11.2. The van der Waals surface area contributed by atoms with E-state index in [1.165, 1.54) is 0 Å². The molecule has 1 fully saturated rings. The van der Waals surface area contributed by atoms with Gasteiger partial charge < -0.3 is 4.90 Å². The molecule has 0 spiro atoms. The van der Waals surface area contributed by atoms with Crippen molar-refractivity contribution in [2.24, 2.45) is 0 Å². The molecule has 0 bridgehead atoms. The highest BCUT2D eigenvalue weighted by Gasteiger charge is 2.29. The van der Waals surface area contributed by atoms with E-state index in [-0.39, 0.29) is 11.3 Å². The van der Waals surface area contributed by atoms with Crippen molar-refractivity contribution < 1.29 is 4.79 Å². The van der Waals surface area contributed by atoms with E-state index in [0.29, 0.717) is 18.0 Å². The Hall–Kier alpha value is -0.250. The van der Waals surface area contributed by atoms with E-state index < -0.39 is 0 Å². The molecule has 5 heteroatoms. The number of amides is 1. The van der Waals surface area contributed by atoms with Crippen molar-refractivity contribution in [1.29, 1.82) is 0 Å². The van der Waals surface area contributed by atoms with Crippen LogP contribution in [0, 0.1) is 0 Å². The number of carbonyl (C=O) groups excluding carboxylic acids is 1. The lowest BCUT2D eigenvalue weighted by Gasteiger charge is -2.16. The molecule has 1 atom stereocenters. The van der Waals surface area contributed by atoms with E-state index in [2.05, 4.69) is 15.9 Å². The summed E-state index contributed by atoms with van der Waals surface area (Å²) >= 11 is 15.1. The summed E-state index contributed by atoms with van der Waals surface area (Å²) in [6.07, 6.45) is 0.405. The normalized spacial score (nSPS) is 21.1. The maximum absolute atomic E-state index is 11.6. The predicted molar refractivity (Wildman–Crippen MR) is 65.8 cm³/mol. The van der Waals surface area contributed by atoms with Crippen LogP contribution in [-0.2, 0) is 4.79 Å². The number of hydrogen-bond donors (Lipinski definition) is 0. The van der Waals surface area contributed by atoms with Crippen LogP contribution in [0.1, 0.15) is 6.42 Å². The molecule has 1 heterocycles. The molecule has 0 N–H and O–H groups in total. The van der Waals surface area contributed by atoms with E-state index in [9.17, 15) is 4.79 Å². The highest BCUT2D eigenvalue weighted by molar-refractivity contribution is 9.10. The van der Waals surface area contributed by atoms with E-state index >= 15 is 0 Å². The maximum atomic E-state index is 11.6. The number of anilines is 1. The van der Waals surface area contributed by atoms with Crippen LogP contribution in [0.5, 0.6) is 0 Å². The highest BCUT2D eigenvalue weighted by atomic mass is 79.9. The molecular weight excluding hydrogens is 301 g/mol. The molecule has 1 aliphatic heterocycles. The first-order valence-corrected chi connectivity index (χ1v) is 6.08. The molecule has 1 aromatic rings. The van der Waals surface area contributed by atoms with Crippen molar-refractivity contribution in [3.63, 3.8) is 0 Å². The van der Waals surface area contributed by atoms with Crippen molar-refractivity contribution in [2.75, 3.05) is 11.4 Å². The number of nitrogens with zero attached hydrogens (tertiary/aromatic N) is 1. The average molecular weight is 309 g/mol. The predicted octanol–water partition coefficient (Wildman–Crippen LogP) is 3.45. The molecule has 0 saturated carbocycles. The minimum absolute atomic E-state index is 0.0595. The zero-order valence-electron chi connectivity index (χ0n) is 7.71. The second kappa shape index (κ2) is 4.32. The summed E-state index contributed by atoms with van der Waals surface area (Å²) in [4.78, 5) is 13.3. The third-order valence-corrected chi connectivity index (χ3v) is 3.80. The van der Waals surface area contributed by atoms with Gasteiger partial charge in [0.1, 0.15) is 0 Å². The van der Waals surface area contributed by atoms with Crippen molar-refractivity contribution in [3.05, 3.63) is 27.7 Å². The van der Waals surface area contributed by atoms with E-state index in [1.807, 2.05) is 12.1 Å². The van der Waals surface area contributed by atoms with Crippen molar-refractivity contribution in [3.8, 4) is 0 Å². The van der Waals surface area contributed by atoms with Gasteiger partial charge >= 0.3 is 0 Å². The number of alkyl halides is 1. The molecule has 1 amide bonds. The Kier molecular flexibility index (Phi) is 3.24. The van der Waals surface area contributed by atoms with Gasteiger partial charge in [-0.25, -0.2) is 0 Å². The van der Waals surface area contributed by atoms with Crippen LogP contribution >= 0.6 is 39.1 Å². The molecule has 0 radical (unpaired) electrons. The molecule has 0 aliphatic carbocycles. The number of carbonyl (C=O) groups is 1. The topological polar surface area (TPSA) is 20.3 Å². The highest BCUT2D eigenvalue weighted by Crippen LogP contribution is 2.30. The first-order valence-electron chi connectivity index (χ1n) is 4.47. The van der Waals surface area contributed by atoms with Crippen LogP contribution in [0.4, 0.5) is 5.69 Å². The van der Waals surface area contributed by atoms with Gasteiger partial charge in [-0.05, 0) is 34.1 Å². The Morgan fingerprint density at radius 2 is 2.20 bits per heavy atom. The number of rotatable bonds is 1. The van der Waals surface area contributed by atoms with Crippen LogP contribution in [0.3, 0.4) is 0 Å². The van der Waals surface area contributed by atoms with Gasteiger partial charge in [-0.1, -0.05) is 11.6 Å². The molecule has 2 nitrogen and oxygen atoms in total. The molecule has 15 heavy (non-hydrogen) atoms. The van der Waals surface area contributed by atoms with E-state index in [1.54, 1.807) is 11.0 Å². The standard InChI is InChI=1S/C10H8BrCl2NO/c11-8-4-7(1-2-9(8)13)14-5-6(12)3-10(14)15/h1-2,4,6H,3,5H2. The van der Waals surface area contributed by atoms with Gasteiger partial charge in [-0.3, -0.25) is 4.79 Å². The van der Waals surface area contributed by atoms with Crippen LogP contribution < -0.4 is 4.90 Å². The lowest BCUT2D eigenvalue weighted by atomic mass is 10.3. The molecule has 1 aliphatic rings. The summed E-state index contributed by atoms with van der Waals surface area (Å²) in [5.74, 6) is 0.0595. The van der Waals surface area contributed by atoms with Crippen LogP contribution in [-0.4, -0.2) is 17.8 Å². The van der Waals surface area contributed by atoms with Crippen LogP contribution in [0.15, 0.2) is 22.7 Å². The van der Waals surface area contributed by atoms with Crippen molar-refractivity contribution >= 4 is 50.7 Å². The first-order chi connectivity index (χ1) is 7.08. The fraction of sp³-hybridized carbons (Fsp3) is 0.300. The monoisotopic (exact) mass is 307 g/mol. The molecule has 0 aromatic heterocycles. The number of hydrogen-bond acceptors (Lipinski definition) is 1. The minimum atomic E-state index is -0.0908. The maximum Gasteiger partial charge on any atom is 0.228 e. The van der Waals surface area contributed by atoms with Gasteiger partial charge in [0.05, 0.1) is 10.4 Å². The summed E-state index contributed by atoms with van der Waals surface area (Å²) in [6, 6.07) is 5.41. The van der Waals surface area contributed by atoms with E-state index in [0.717, 1.165) is 10.2 Å². The molecule has 2 rings (SSSR count). The zero-order chi connectivity index (χ0) is 11.0. The SMILES string of the molecule is O=C1CC(Cl)CN1c1ccc(Cl)c(Br)c1. The summed E-state index contributed by atoms with van der Waals surface area (Å²) in [5, 5.41) is 0.541. The fourth-order valence-electron chi connectivity index (χ4n) is 1.57. The smallest absolute Gasteiger partial charge is 0.228 e. The van der Waals surface area contributed by atoms with Gasteiger partial charge in [-0.2, -0.15) is 0 Å². The molecule has 1 aromatic carbocycles. The summed E-state index contributed by atoms with van der Waals surface area (Å²) in [5.41, 5.74) is 0.833. The van der Waals surface area contributed by atoms with Crippen LogP contribution in [0.2, 0.25) is 5.02 Å². The molecule has 80 valence electrons. The van der Waals surface area contributed by atoms with Crippen molar-refractivity contribution in [2.45, 2.75) is 11.8 Å². The van der Waals surface area contributed by atoms with Crippen molar-refractivity contribution in [1.82, 2.24) is 0 Å². The largest absolute Gasteiger partial charge is 0.311 e. The van der Waals surface area contributed by atoms with Gasteiger partial charge in [-0.15, -0.1) is 11.6 Å². The van der Waals surface area contributed by atoms with Gasteiger partial charge in [0, 0.05) is 23.1 Å². The van der Waals surface area contributed by atoms with Crippen LogP contribution in [0.25, 0.3) is 0 Å². The molecular formula is C10H8BrCl2NO. The second-order valence-corrected chi connectivity index (χ2v) is 5.28. The van der Waals surface area contributed by atoms with E-state index in [4.69, 9.17) is 23.2 Å². The lowest BCUT2D eigenvalue weighted by molar-refractivity contribution is -0.117. The summed E-state index contributed by atoms with van der Waals surface area (Å²) in [6.45, 7) is 0.564. The Bertz CT molecular complexity index is 410. The number of benzene rings is 1. The third kappa shape index (κ3) is 2.30. The van der Waals surface area contributed by atoms with Gasteiger partial charge in [0.15, 0.2) is 0 Å².